The van der Waals surface area contributed by atoms with Gasteiger partial charge in [-0.15, -0.1) is 0 Å². The summed E-state index contributed by atoms with van der Waals surface area (Å²) in [6, 6.07) is 13.2. The monoisotopic (exact) mass is 506 g/mol. The molecule has 184 valence electrons. The molecule has 0 bridgehead atoms. The predicted octanol–water partition coefficient (Wildman–Crippen LogP) is 6.14. The minimum atomic E-state index is -1.05. The standard InChI is InChI=1S/C27H23FN2O5S/c1-3-4-12-34-18-7-5-6-16(13-18)24(31)22-23(20-11-8-15(2)35-20)30(26(33)25(22)32)27-29-19-10-9-17(28)14-21(19)36-27/h5-11,13-14,23,31H,3-4,12H2,1-2H3. The van der Waals surface area contributed by atoms with Crippen LogP contribution in [-0.4, -0.2) is 28.4 Å². The number of Topliss-reactive ketones (excluding diaryl/α,β-unsaturated/α-hetero) is 1. The molecular formula is C27H23FN2O5S. The van der Waals surface area contributed by atoms with Crippen LogP contribution in [-0.2, 0) is 9.59 Å². The summed E-state index contributed by atoms with van der Waals surface area (Å²) in [5.74, 6) is -1.08. The van der Waals surface area contributed by atoms with Crippen molar-refractivity contribution in [2.75, 3.05) is 11.5 Å². The van der Waals surface area contributed by atoms with Gasteiger partial charge in [0, 0.05) is 5.56 Å². The number of carbonyl (C=O) groups is 2. The summed E-state index contributed by atoms with van der Waals surface area (Å²) in [4.78, 5) is 32.2. The fourth-order valence-corrected chi connectivity index (χ4v) is 5.13. The molecule has 1 N–H and O–H groups in total. The first-order valence-corrected chi connectivity index (χ1v) is 12.4. The topological polar surface area (TPSA) is 92.9 Å². The zero-order valence-electron chi connectivity index (χ0n) is 19.7. The average Bonchev–Trinajstić information content (AvgIpc) is 3.54. The molecule has 0 spiro atoms. The largest absolute Gasteiger partial charge is 0.507 e. The van der Waals surface area contributed by atoms with Crippen LogP contribution in [0, 0.1) is 12.7 Å². The molecule has 1 atom stereocenters. The number of aromatic nitrogens is 1. The van der Waals surface area contributed by atoms with Crippen LogP contribution in [0.25, 0.3) is 16.0 Å². The van der Waals surface area contributed by atoms with Gasteiger partial charge in [-0.05, 0) is 55.8 Å². The third kappa shape index (κ3) is 4.26. The first kappa shape index (κ1) is 23.7. The van der Waals surface area contributed by atoms with Crippen molar-refractivity contribution in [2.45, 2.75) is 32.7 Å². The van der Waals surface area contributed by atoms with Gasteiger partial charge in [0.05, 0.1) is 22.4 Å². The van der Waals surface area contributed by atoms with Crippen molar-refractivity contribution < 1.29 is 28.2 Å². The molecule has 2 aromatic heterocycles. The van der Waals surface area contributed by atoms with Crippen LogP contribution in [0.2, 0.25) is 0 Å². The number of aliphatic hydroxyl groups excluding tert-OH is 1. The molecule has 2 aromatic carbocycles. The molecular weight excluding hydrogens is 483 g/mol. The predicted molar refractivity (Wildman–Crippen MR) is 135 cm³/mol. The van der Waals surface area contributed by atoms with Gasteiger partial charge < -0.3 is 14.3 Å². The number of thiazole rings is 1. The zero-order valence-corrected chi connectivity index (χ0v) is 20.5. The highest BCUT2D eigenvalue weighted by atomic mass is 32.1. The summed E-state index contributed by atoms with van der Waals surface area (Å²) >= 11 is 1.08. The second-order valence-corrected chi connectivity index (χ2v) is 9.46. The Morgan fingerprint density at radius 2 is 2.03 bits per heavy atom. The fourth-order valence-electron chi connectivity index (χ4n) is 4.11. The van der Waals surface area contributed by atoms with Crippen LogP contribution in [0.4, 0.5) is 9.52 Å². The van der Waals surface area contributed by atoms with E-state index in [0.29, 0.717) is 39.7 Å². The number of benzene rings is 2. The first-order chi connectivity index (χ1) is 17.4. The molecule has 3 heterocycles. The van der Waals surface area contributed by atoms with Gasteiger partial charge in [0.1, 0.15) is 34.9 Å². The number of aryl methyl sites for hydroxylation is 1. The minimum Gasteiger partial charge on any atom is -0.507 e. The smallest absolute Gasteiger partial charge is 0.302 e. The number of ketones is 1. The molecule has 1 amide bonds. The molecule has 0 aliphatic carbocycles. The number of nitrogens with zero attached hydrogens (tertiary/aromatic N) is 2. The van der Waals surface area contributed by atoms with Crippen LogP contribution in [0.15, 0.2) is 64.6 Å². The minimum absolute atomic E-state index is 0.120. The van der Waals surface area contributed by atoms with Gasteiger partial charge in [0.25, 0.3) is 5.78 Å². The lowest BCUT2D eigenvalue weighted by atomic mass is 9.99. The molecule has 1 fully saturated rings. The Morgan fingerprint density at radius 3 is 2.78 bits per heavy atom. The van der Waals surface area contributed by atoms with Gasteiger partial charge in [-0.1, -0.05) is 36.8 Å². The molecule has 0 saturated carbocycles. The van der Waals surface area contributed by atoms with E-state index in [1.165, 1.54) is 23.1 Å². The summed E-state index contributed by atoms with van der Waals surface area (Å²) in [6.07, 6.45) is 1.86. The van der Waals surface area contributed by atoms with Crippen molar-refractivity contribution in [1.29, 1.82) is 0 Å². The van der Waals surface area contributed by atoms with Crippen LogP contribution in [0.3, 0.4) is 0 Å². The van der Waals surface area contributed by atoms with Crippen molar-refractivity contribution in [3.05, 3.63) is 83.1 Å². The van der Waals surface area contributed by atoms with Crippen LogP contribution in [0.5, 0.6) is 5.75 Å². The van der Waals surface area contributed by atoms with Crippen LogP contribution < -0.4 is 9.64 Å². The number of ether oxygens (including phenoxy) is 1. The van der Waals surface area contributed by atoms with E-state index in [0.717, 1.165) is 24.2 Å². The molecule has 0 radical (unpaired) electrons. The first-order valence-electron chi connectivity index (χ1n) is 11.5. The second-order valence-electron chi connectivity index (χ2n) is 8.46. The zero-order chi connectivity index (χ0) is 25.4. The molecule has 4 aromatic rings. The third-order valence-electron chi connectivity index (χ3n) is 5.89. The van der Waals surface area contributed by atoms with Crippen molar-refractivity contribution >= 4 is 44.1 Å². The third-order valence-corrected chi connectivity index (χ3v) is 6.91. The van der Waals surface area contributed by atoms with Crippen molar-refractivity contribution in [3.63, 3.8) is 0 Å². The number of rotatable bonds is 7. The molecule has 1 aliphatic rings. The molecule has 7 nitrogen and oxygen atoms in total. The maximum absolute atomic E-state index is 13.8. The maximum Gasteiger partial charge on any atom is 0.302 e. The van der Waals surface area contributed by atoms with Gasteiger partial charge in [-0.25, -0.2) is 9.37 Å². The summed E-state index contributed by atoms with van der Waals surface area (Å²) in [7, 11) is 0. The molecule has 9 heteroatoms. The Labute approximate surface area is 210 Å². The summed E-state index contributed by atoms with van der Waals surface area (Å²) in [5.41, 5.74) is 0.705. The lowest BCUT2D eigenvalue weighted by molar-refractivity contribution is -0.132. The number of amides is 1. The molecule has 1 aliphatic heterocycles. The van der Waals surface area contributed by atoms with Crippen molar-refractivity contribution in [3.8, 4) is 5.75 Å². The van der Waals surface area contributed by atoms with E-state index in [9.17, 15) is 19.1 Å². The lowest BCUT2D eigenvalue weighted by Crippen LogP contribution is -2.29. The SMILES string of the molecule is CCCCOc1cccc(C(O)=C2C(=O)C(=O)N(c3nc4ccc(F)cc4s3)C2c2ccc(C)o2)c1. The van der Waals surface area contributed by atoms with Crippen LogP contribution >= 0.6 is 11.3 Å². The van der Waals surface area contributed by atoms with Gasteiger partial charge in [0.15, 0.2) is 5.13 Å². The van der Waals surface area contributed by atoms with Crippen LogP contribution in [0.1, 0.15) is 42.9 Å². The Kier molecular flexibility index (Phi) is 6.32. The highest BCUT2D eigenvalue weighted by molar-refractivity contribution is 7.22. The highest BCUT2D eigenvalue weighted by Gasteiger charge is 2.49. The molecule has 5 rings (SSSR count). The number of hydrogen-bond donors (Lipinski definition) is 1. The van der Waals surface area contributed by atoms with Crippen molar-refractivity contribution in [2.24, 2.45) is 0 Å². The van der Waals surface area contributed by atoms with Gasteiger partial charge >= 0.3 is 5.91 Å². The average molecular weight is 507 g/mol. The van der Waals surface area contributed by atoms with E-state index in [2.05, 4.69) is 11.9 Å². The number of fused-ring (bicyclic) bond motifs is 1. The Balaban J connectivity index is 1.63. The number of carbonyl (C=O) groups excluding carboxylic acids is 2. The van der Waals surface area contributed by atoms with E-state index < -0.39 is 23.5 Å². The number of halogens is 1. The molecule has 1 unspecified atom stereocenters. The van der Waals surface area contributed by atoms with Gasteiger partial charge in [0.2, 0.25) is 0 Å². The normalized spacial score (nSPS) is 17.3. The Bertz CT molecular complexity index is 1500. The molecule has 36 heavy (non-hydrogen) atoms. The summed E-state index contributed by atoms with van der Waals surface area (Å²) in [6.45, 7) is 4.32. The van der Waals surface area contributed by atoms with E-state index in [4.69, 9.17) is 9.15 Å². The highest BCUT2D eigenvalue weighted by Crippen LogP contribution is 2.44. The van der Waals surface area contributed by atoms with Crippen molar-refractivity contribution in [1.82, 2.24) is 4.98 Å². The number of unbranched alkanes of at least 4 members (excludes halogenated alkanes) is 1. The number of anilines is 1. The lowest BCUT2D eigenvalue weighted by Gasteiger charge is -2.20. The molecule has 1 saturated heterocycles. The summed E-state index contributed by atoms with van der Waals surface area (Å²) < 4.78 is 25.9. The maximum atomic E-state index is 13.8. The Morgan fingerprint density at radius 1 is 1.19 bits per heavy atom. The van der Waals surface area contributed by atoms with E-state index in [-0.39, 0.29) is 16.5 Å². The van der Waals surface area contributed by atoms with E-state index in [1.807, 2.05) is 0 Å². The number of furan rings is 1. The van der Waals surface area contributed by atoms with Gasteiger partial charge in [-0.2, -0.15) is 0 Å². The number of hydrogen-bond acceptors (Lipinski definition) is 7. The Hall–Kier alpha value is -3.98. The number of aliphatic hydroxyl groups is 1. The quantitative estimate of drug-likeness (QED) is 0.140. The van der Waals surface area contributed by atoms with E-state index in [1.54, 1.807) is 43.3 Å². The summed E-state index contributed by atoms with van der Waals surface area (Å²) in [5, 5.41) is 11.5. The fraction of sp³-hybridized carbons (Fsp3) is 0.222. The second kappa shape index (κ2) is 9.58. The van der Waals surface area contributed by atoms with E-state index >= 15 is 0 Å². The van der Waals surface area contributed by atoms with Gasteiger partial charge in [-0.3, -0.25) is 14.5 Å².